The van der Waals surface area contributed by atoms with Crippen molar-refractivity contribution in [3.63, 3.8) is 0 Å². The highest BCUT2D eigenvalue weighted by atomic mass is 19.1. The molecule has 0 atom stereocenters. The quantitative estimate of drug-likeness (QED) is 0.501. The Labute approximate surface area is 158 Å². The third-order valence-electron chi connectivity index (χ3n) is 3.95. The topological polar surface area (TPSA) is 39.1 Å². The molecule has 0 aliphatic carbocycles. The lowest BCUT2D eigenvalue weighted by Gasteiger charge is -2.12. The van der Waals surface area contributed by atoms with Gasteiger partial charge in [0.15, 0.2) is 11.6 Å². The molecule has 1 aromatic heterocycles. The van der Waals surface area contributed by atoms with Crippen molar-refractivity contribution in [2.75, 3.05) is 5.32 Å². The first-order valence-corrected chi connectivity index (χ1v) is 8.15. The predicted octanol–water partition coefficient (Wildman–Crippen LogP) is 5.06. The van der Waals surface area contributed by atoms with Gasteiger partial charge in [-0.25, -0.2) is 17.6 Å². The van der Waals surface area contributed by atoms with Crippen LogP contribution in [0.2, 0.25) is 0 Å². The van der Waals surface area contributed by atoms with Crippen LogP contribution in [0.1, 0.15) is 12.6 Å². The summed E-state index contributed by atoms with van der Waals surface area (Å²) < 4.78 is 62.4. The van der Waals surface area contributed by atoms with E-state index in [1.54, 1.807) is 20.9 Å². The van der Waals surface area contributed by atoms with Crippen LogP contribution in [0.4, 0.5) is 28.9 Å². The highest BCUT2D eigenvalue weighted by Crippen LogP contribution is 2.36. The van der Waals surface area contributed by atoms with Gasteiger partial charge in [0, 0.05) is 37.7 Å². The Morgan fingerprint density at radius 3 is 2.29 bits per heavy atom. The summed E-state index contributed by atoms with van der Waals surface area (Å²) >= 11 is 0. The number of hydrogen-bond donors (Lipinski definition) is 1. The number of aryl methyl sites for hydroxylation is 2. The lowest BCUT2D eigenvalue weighted by molar-refractivity contribution is 0.511. The minimum Gasteiger partial charge on any atom is -0.407 e. The third-order valence-corrected chi connectivity index (χ3v) is 3.95. The van der Waals surface area contributed by atoms with Crippen molar-refractivity contribution in [2.24, 2.45) is 7.05 Å². The molecule has 0 aliphatic rings. The zero-order valence-electron chi connectivity index (χ0n) is 15.2. The smallest absolute Gasteiger partial charge is 0.152 e. The van der Waals surface area contributed by atoms with Gasteiger partial charge in [0.1, 0.15) is 29.2 Å². The van der Waals surface area contributed by atoms with Crippen LogP contribution in [0.3, 0.4) is 0 Å². The summed E-state index contributed by atoms with van der Waals surface area (Å²) in [6.07, 6.45) is 2.37. The molecule has 0 unspecified atom stereocenters. The molecule has 0 saturated heterocycles. The molecular weight excluding hydrogens is 374 g/mol. The average molecular weight is 389 g/mol. The Kier molecular flexibility index (Phi) is 5.27. The second-order valence-electron chi connectivity index (χ2n) is 5.90. The summed E-state index contributed by atoms with van der Waals surface area (Å²) in [6, 6.07) is 5.20. The number of ether oxygens (including phenoxy) is 1. The number of aromatic nitrogens is 2. The number of halogens is 4. The maximum absolute atomic E-state index is 14.7. The highest BCUT2D eigenvalue weighted by Gasteiger charge is 2.21. The van der Waals surface area contributed by atoms with E-state index in [-0.39, 0.29) is 22.7 Å². The molecule has 0 saturated carbocycles. The average Bonchev–Trinajstić information content (AvgIpc) is 2.89. The molecule has 3 aromatic rings. The van der Waals surface area contributed by atoms with Crippen molar-refractivity contribution in [1.82, 2.24) is 9.78 Å². The highest BCUT2D eigenvalue weighted by molar-refractivity contribution is 5.81. The second kappa shape index (κ2) is 7.64. The van der Waals surface area contributed by atoms with Crippen molar-refractivity contribution in [3.05, 3.63) is 59.3 Å². The zero-order valence-corrected chi connectivity index (χ0v) is 15.2. The fraction of sp³-hybridized carbons (Fsp3) is 0.150. The van der Waals surface area contributed by atoms with Gasteiger partial charge in [0.25, 0.3) is 0 Å². The summed E-state index contributed by atoms with van der Waals surface area (Å²) in [6.45, 7) is 3.17. The van der Waals surface area contributed by atoms with E-state index in [2.05, 4.69) is 22.4 Å². The van der Waals surface area contributed by atoms with E-state index >= 15 is 0 Å². The van der Waals surface area contributed by atoms with Gasteiger partial charge in [-0.2, -0.15) is 5.10 Å². The number of nitrogens with one attached hydrogen (secondary N) is 1. The van der Waals surface area contributed by atoms with Gasteiger partial charge in [-0.3, -0.25) is 4.68 Å². The van der Waals surface area contributed by atoms with Gasteiger partial charge in [0.2, 0.25) is 0 Å². The monoisotopic (exact) mass is 389 g/mol. The van der Waals surface area contributed by atoms with Crippen molar-refractivity contribution in [1.29, 1.82) is 0 Å². The Morgan fingerprint density at radius 1 is 1.00 bits per heavy atom. The van der Waals surface area contributed by atoms with Crippen LogP contribution in [0.15, 0.2) is 30.3 Å². The van der Waals surface area contributed by atoms with Gasteiger partial charge >= 0.3 is 0 Å². The molecule has 144 valence electrons. The first-order chi connectivity index (χ1) is 13.3. The van der Waals surface area contributed by atoms with E-state index in [1.165, 1.54) is 16.8 Å². The molecule has 0 aliphatic heterocycles. The van der Waals surface area contributed by atoms with Crippen LogP contribution in [0.5, 0.6) is 5.75 Å². The first-order valence-electron chi connectivity index (χ1n) is 8.15. The van der Waals surface area contributed by atoms with Crippen LogP contribution < -0.4 is 10.1 Å². The molecule has 0 bridgehead atoms. The fourth-order valence-corrected chi connectivity index (χ4v) is 2.76. The van der Waals surface area contributed by atoms with Gasteiger partial charge in [-0.15, -0.1) is 0 Å². The van der Waals surface area contributed by atoms with Gasteiger partial charge in [-0.1, -0.05) is 5.92 Å². The molecule has 28 heavy (non-hydrogen) atoms. The molecule has 0 radical (unpaired) electrons. The molecule has 0 spiro atoms. The number of hydrogen-bond acceptors (Lipinski definition) is 3. The molecule has 1 N–H and O–H groups in total. The standard InChI is InChI=1S/C20H15F4N3O/c1-4-7-28-13-5-6-14(15(22)10-13)20-18(11(2)26-27(20)3)25-19-16(23)8-12(21)9-17(19)24/h5-6,8-10,25H,1-3H3. The maximum Gasteiger partial charge on any atom is 0.152 e. The van der Waals surface area contributed by atoms with Crippen LogP contribution in [-0.2, 0) is 7.05 Å². The predicted molar refractivity (Wildman–Crippen MR) is 97.0 cm³/mol. The minimum absolute atomic E-state index is 0.130. The molecule has 4 nitrogen and oxygen atoms in total. The zero-order chi connectivity index (χ0) is 20.4. The summed E-state index contributed by atoms with van der Waals surface area (Å²) in [5.41, 5.74) is 0.388. The fourth-order valence-electron chi connectivity index (χ4n) is 2.76. The first kappa shape index (κ1) is 19.3. The van der Waals surface area contributed by atoms with Crippen molar-refractivity contribution in [3.8, 4) is 29.0 Å². The third kappa shape index (κ3) is 3.64. The molecule has 1 heterocycles. The van der Waals surface area contributed by atoms with Gasteiger partial charge in [0.05, 0.1) is 17.1 Å². The van der Waals surface area contributed by atoms with Crippen LogP contribution >= 0.6 is 0 Å². The van der Waals surface area contributed by atoms with E-state index in [0.29, 0.717) is 17.8 Å². The number of rotatable bonds is 4. The van der Waals surface area contributed by atoms with Crippen molar-refractivity contribution >= 4 is 11.4 Å². The van der Waals surface area contributed by atoms with Crippen LogP contribution in [0.25, 0.3) is 11.3 Å². The van der Waals surface area contributed by atoms with E-state index in [0.717, 1.165) is 6.07 Å². The van der Waals surface area contributed by atoms with Crippen LogP contribution in [0, 0.1) is 42.2 Å². The van der Waals surface area contributed by atoms with E-state index in [4.69, 9.17) is 4.74 Å². The Hall–Kier alpha value is -3.47. The summed E-state index contributed by atoms with van der Waals surface area (Å²) in [5, 5.41) is 6.77. The Morgan fingerprint density at radius 2 is 1.68 bits per heavy atom. The lowest BCUT2D eigenvalue weighted by Crippen LogP contribution is -2.02. The molecule has 2 aromatic carbocycles. The Bertz CT molecular complexity index is 1090. The molecular formula is C20H15F4N3O. The van der Waals surface area contributed by atoms with E-state index in [1.807, 2.05) is 0 Å². The normalized spacial score (nSPS) is 10.4. The number of nitrogens with zero attached hydrogens (tertiary/aromatic N) is 2. The van der Waals surface area contributed by atoms with Gasteiger partial charge < -0.3 is 10.1 Å². The number of benzene rings is 2. The van der Waals surface area contributed by atoms with Crippen molar-refractivity contribution < 1.29 is 22.3 Å². The molecule has 3 rings (SSSR count). The Balaban J connectivity index is 2.08. The van der Waals surface area contributed by atoms with E-state index in [9.17, 15) is 17.6 Å². The number of anilines is 2. The minimum atomic E-state index is -1.12. The van der Waals surface area contributed by atoms with Crippen LogP contribution in [-0.4, -0.2) is 9.78 Å². The van der Waals surface area contributed by atoms with E-state index < -0.39 is 29.0 Å². The molecule has 0 amide bonds. The van der Waals surface area contributed by atoms with Gasteiger partial charge in [-0.05, 0) is 19.1 Å². The molecule has 8 heteroatoms. The maximum atomic E-state index is 14.7. The second-order valence-corrected chi connectivity index (χ2v) is 5.90. The summed E-state index contributed by atoms with van der Waals surface area (Å²) in [5.74, 6) is -1.18. The SMILES string of the molecule is CC#COc1ccc(-c2c(Nc3c(F)cc(F)cc3F)c(C)nn2C)c(F)c1. The lowest BCUT2D eigenvalue weighted by atomic mass is 10.1. The summed E-state index contributed by atoms with van der Waals surface area (Å²) in [4.78, 5) is 0. The van der Waals surface area contributed by atoms with Crippen molar-refractivity contribution in [2.45, 2.75) is 13.8 Å². The largest absolute Gasteiger partial charge is 0.407 e. The molecule has 0 fully saturated rings. The summed E-state index contributed by atoms with van der Waals surface area (Å²) in [7, 11) is 1.57.